The second-order valence-corrected chi connectivity index (χ2v) is 4.86. The highest BCUT2D eigenvalue weighted by atomic mass is 32.1. The van der Waals surface area contributed by atoms with Crippen LogP contribution >= 0.6 is 12.2 Å². The second kappa shape index (κ2) is 8.06. The molecule has 0 saturated heterocycles. The zero-order chi connectivity index (χ0) is 13.4. The number of anilines is 1. The molecule has 0 bridgehead atoms. The lowest BCUT2D eigenvalue weighted by Crippen LogP contribution is -3.12. The van der Waals surface area contributed by atoms with Crippen molar-refractivity contribution in [3.05, 3.63) is 29.8 Å². The summed E-state index contributed by atoms with van der Waals surface area (Å²) >= 11 is 5.26. The van der Waals surface area contributed by atoms with Gasteiger partial charge in [-0.05, 0) is 45.1 Å². The van der Waals surface area contributed by atoms with Gasteiger partial charge in [0.1, 0.15) is 0 Å². The largest absolute Gasteiger partial charge is 0.357 e. The van der Waals surface area contributed by atoms with Gasteiger partial charge in [-0.2, -0.15) is 0 Å². The van der Waals surface area contributed by atoms with Gasteiger partial charge in [0.05, 0.1) is 26.2 Å². The molecule has 1 aromatic carbocycles. The van der Waals surface area contributed by atoms with Crippen LogP contribution in [0.15, 0.2) is 24.3 Å². The predicted molar refractivity (Wildman–Crippen MR) is 82.3 cm³/mol. The zero-order valence-electron chi connectivity index (χ0n) is 11.5. The Kier molecular flexibility index (Phi) is 6.68. The number of hydrogen-bond acceptors (Lipinski definition) is 1. The highest BCUT2D eigenvalue weighted by Gasteiger charge is 2.02. The molecular formula is C14H24N3S+. The highest BCUT2D eigenvalue weighted by Crippen LogP contribution is 2.07. The molecule has 0 atom stereocenters. The van der Waals surface area contributed by atoms with Crippen LogP contribution in [0.25, 0.3) is 0 Å². The molecule has 0 fully saturated rings. The van der Waals surface area contributed by atoms with E-state index in [2.05, 4.69) is 43.5 Å². The minimum Gasteiger partial charge on any atom is -0.357 e. The summed E-state index contributed by atoms with van der Waals surface area (Å²) in [6.07, 6.45) is 0. The predicted octanol–water partition coefficient (Wildman–Crippen LogP) is 1.21. The SMILES string of the molecule is CC[NH+](CC)CCNC(=S)Nc1ccc(C)cc1. The number of quaternary nitrogens is 1. The van der Waals surface area contributed by atoms with Gasteiger partial charge in [0, 0.05) is 5.69 Å². The van der Waals surface area contributed by atoms with Crippen molar-refractivity contribution in [2.75, 3.05) is 31.5 Å². The second-order valence-electron chi connectivity index (χ2n) is 4.45. The van der Waals surface area contributed by atoms with E-state index in [0.29, 0.717) is 5.11 Å². The van der Waals surface area contributed by atoms with Crippen molar-refractivity contribution >= 4 is 23.0 Å². The quantitative estimate of drug-likeness (QED) is 0.676. The van der Waals surface area contributed by atoms with Crippen molar-refractivity contribution in [3.63, 3.8) is 0 Å². The molecule has 0 saturated carbocycles. The molecule has 4 heteroatoms. The average Bonchev–Trinajstić information content (AvgIpc) is 2.37. The fourth-order valence-corrected chi connectivity index (χ4v) is 1.99. The number of aryl methyl sites for hydroxylation is 1. The third-order valence-electron chi connectivity index (χ3n) is 3.07. The molecule has 0 aliphatic rings. The van der Waals surface area contributed by atoms with Crippen molar-refractivity contribution in [1.82, 2.24) is 5.32 Å². The maximum Gasteiger partial charge on any atom is 0.170 e. The molecule has 0 spiro atoms. The average molecular weight is 266 g/mol. The Morgan fingerprint density at radius 3 is 2.33 bits per heavy atom. The monoisotopic (exact) mass is 266 g/mol. The van der Waals surface area contributed by atoms with E-state index in [4.69, 9.17) is 12.2 Å². The van der Waals surface area contributed by atoms with E-state index in [1.807, 2.05) is 12.1 Å². The molecular weight excluding hydrogens is 242 g/mol. The van der Waals surface area contributed by atoms with Crippen LogP contribution in [0.1, 0.15) is 19.4 Å². The van der Waals surface area contributed by atoms with Crippen LogP contribution in [0, 0.1) is 6.92 Å². The Morgan fingerprint density at radius 1 is 1.17 bits per heavy atom. The minimum atomic E-state index is 0.699. The van der Waals surface area contributed by atoms with Gasteiger partial charge < -0.3 is 15.5 Å². The third-order valence-corrected chi connectivity index (χ3v) is 3.32. The van der Waals surface area contributed by atoms with Crippen molar-refractivity contribution in [1.29, 1.82) is 0 Å². The van der Waals surface area contributed by atoms with Gasteiger partial charge in [-0.25, -0.2) is 0 Å². The van der Waals surface area contributed by atoms with E-state index < -0.39 is 0 Å². The van der Waals surface area contributed by atoms with E-state index in [1.165, 1.54) is 5.56 Å². The van der Waals surface area contributed by atoms with Crippen LogP contribution in [-0.4, -0.2) is 31.3 Å². The van der Waals surface area contributed by atoms with E-state index in [1.54, 1.807) is 4.90 Å². The molecule has 1 rings (SSSR count). The van der Waals surface area contributed by atoms with E-state index in [0.717, 1.165) is 31.9 Å². The first-order chi connectivity index (χ1) is 8.65. The van der Waals surface area contributed by atoms with Crippen molar-refractivity contribution in [3.8, 4) is 0 Å². The molecule has 100 valence electrons. The lowest BCUT2D eigenvalue weighted by molar-refractivity contribution is -0.895. The molecule has 3 N–H and O–H groups in total. The van der Waals surface area contributed by atoms with E-state index >= 15 is 0 Å². The summed E-state index contributed by atoms with van der Waals surface area (Å²) in [5.74, 6) is 0. The smallest absolute Gasteiger partial charge is 0.170 e. The van der Waals surface area contributed by atoms with Crippen LogP contribution < -0.4 is 15.5 Å². The van der Waals surface area contributed by atoms with Gasteiger partial charge in [-0.1, -0.05) is 17.7 Å². The molecule has 0 aliphatic carbocycles. The first kappa shape index (κ1) is 14.9. The van der Waals surface area contributed by atoms with Crippen LogP contribution in [0.5, 0.6) is 0 Å². The summed E-state index contributed by atoms with van der Waals surface area (Å²) in [7, 11) is 0. The molecule has 0 unspecified atom stereocenters. The Morgan fingerprint density at radius 2 is 1.78 bits per heavy atom. The van der Waals surface area contributed by atoms with Gasteiger partial charge in [0.25, 0.3) is 0 Å². The molecule has 1 aromatic rings. The van der Waals surface area contributed by atoms with Gasteiger partial charge in [0.2, 0.25) is 0 Å². The highest BCUT2D eigenvalue weighted by molar-refractivity contribution is 7.80. The summed E-state index contributed by atoms with van der Waals surface area (Å²) in [5.41, 5.74) is 2.29. The van der Waals surface area contributed by atoms with Crippen molar-refractivity contribution in [2.45, 2.75) is 20.8 Å². The first-order valence-electron chi connectivity index (χ1n) is 6.60. The maximum absolute atomic E-state index is 5.26. The van der Waals surface area contributed by atoms with Crippen molar-refractivity contribution in [2.24, 2.45) is 0 Å². The topological polar surface area (TPSA) is 28.5 Å². The maximum atomic E-state index is 5.26. The van der Waals surface area contributed by atoms with E-state index in [9.17, 15) is 0 Å². The normalized spacial score (nSPS) is 10.4. The standard InChI is InChI=1S/C14H23N3S/c1-4-17(5-2)11-10-15-14(18)16-13-8-6-12(3)7-9-13/h6-9H,4-5,10-11H2,1-3H3,(H2,15,16,18)/p+1. The number of benzene rings is 1. The summed E-state index contributed by atoms with van der Waals surface area (Å²) < 4.78 is 0. The summed E-state index contributed by atoms with van der Waals surface area (Å²) in [4.78, 5) is 1.58. The van der Waals surface area contributed by atoms with Crippen LogP contribution in [0.3, 0.4) is 0 Å². The fraction of sp³-hybridized carbons (Fsp3) is 0.500. The first-order valence-corrected chi connectivity index (χ1v) is 7.01. The van der Waals surface area contributed by atoms with Crippen LogP contribution in [0.2, 0.25) is 0 Å². The number of rotatable bonds is 6. The molecule has 0 aromatic heterocycles. The Labute approximate surface area is 116 Å². The molecule has 0 amide bonds. The van der Waals surface area contributed by atoms with Crippen LogP contribution in [-0.2, 0) is 0 Å². The summed E-state index contributed by atoms with van der Waals surface area (Å²) in [5, 5.41) is 7.13. The molecule has 0 radical (unpaired) electrons. The van der Waals surface area contributed by atoms with Gasteiger partial charge >= 0.3 is 0 Å². The summed E-state index contributed by atoms with van der Waals surface area (Å²) in [6.45, 7) is 10.8. The van der Waals surface area contributed by atoms with Crippen molar-refractivity contribution < 1.29 is 4.90 Å². The Hall–Kier alpha value is -1.13. The van der Waals surface area contributed by atoms with Gasteiger partial charge in [0.15, 0.2) is 5.11 Å². The molecule has 0 heterocycles. The number of likely N-dealkylation sites (N-methyl/N-ethyl adjacent to an activating group) is 1. The molecule has 0 aliphatic heterocycles. The van der Waals surface area contributed by atoms with Crippen LogP contribution in [0.4, 0.5) is 5.69 Å². The fourth-order valence-electron chi connectivity index (χ4n) is 1.77. The minimum absolute atomic E-state index is 0.699. The Bertz CT molecular complexity index is 358. The number of nitrogens with one attached hydrogen (secondary N) is 3. The summed E-state index contributed by atoms with van der Waals surface area (Å²) in [6, 6.07) is 8.23. The third kappa shape index (κ3) is 5.47. The molecule has 3 nitrogen and oxygen atoms in total. The lowest BCUT2D eigenvalue weighted by Gasteiger charge is -2.16. The van der Waals surface area contributed by atoms with E-state index in [-0.39, 0.29) is 0 Å². The van der Waals surface area contributed by atoms with Gasteiger partial charge in [-0.15, -0.1) is 0 Å². The van der Waals surface area contributed by atoms with Gasteiger partial charge in [-0.3, -0.25) is 0 Å². The molecule has 18 heavy (non-hydrogen) atoms. The number of hydrogen-bond donors (Lipinski definition) is 3. The Balaban J connectivity index is 2.27. The lowest BCUT2D eigenvalue weighted by atomic mass is 10.2. The number of thiocarbonyl (C=S) groups is 1. The zero-order valence-corrected chi connectivity index (χ0v) is 12.4.